The lowest BCUT2D eigenvalue weighted by molar-refractivity contribution is -0.140. The number of ether oxygens (including phenoxy) is 4. The van der Waals surface area contributed by atoms with Gasteiger partial charge in [0.2, 0.25) is 0 Å². The number of fused-ring (bicyclic) bond motifs is 2. The zero-order chi connectivity index (χ0) is 50.7. The number of aliphatic hydroxyl groups excluding tert-OH is 2. The maximum atomic E-state index is 11.9. The fourth-order valence-corrected chi connectivity index (χ4v) is 8.53. The number of aliphatic carboxylic acids is 2. The number of hydrogen-bond donors (Lipinski definition) is 6. The summed E-state index contributed by atoms with van der Waals surface area (Å²) in [5.74, 6) is -0.667. The smallest absolute Gasteiger partial charge is 0.320 e. The van der Waals surface area contributed by atoms with Crippen LogP contribution in [0.1, 0.15) is 57.6 Å². The van der Waals surface area contributed by atoms with Crippen molar-refractivity contribution in [3.8, 4) is 34.1 Å². The molecule has 4 aromatic heterocycles. The van der Waals surface area contributed by atoms with E-state index in [2.05, 4.69) is 30.8 Å². The summed E-state index contributed by atoms with van der Waals surface area (Å²) in [6.07, 6.45) is 6.87. The van der Waals surface area contributed by atoms with Gasteiger partial charge in [-0.2, -0.15) is 10.2 Å². The van der Waals surface area contributed by atoms with Crippen molar-refractivity contribution in [3.63, 3.8) is 0 Å². The first-order valence-corrected chi connectivity index (χ1v) is 23.7. The van der Waals surface area contributed by atoms with E-state index in [1.165, 1.54) is 0 Å². The number of halogens is 2. The van der Waals surface area contributed by atoms with E-state index < -0.39 is 24.0 Å². The molecule has 8 rings (SSSR count). The number of carboxylic acids is 2. The molecule has 2 unspecified atom stereocenters. The lowest BCUT2D eigenvalue weighted by atomic mass is 9.92. The monoisotopic (exact) mass is 1020 g/mol. The number of aromatic nitrogens is 6. The summed E-state index contributed by atoms with van der Waals surface area (Å²) in [6.45, 7) is 4.11. The third-order valence-electron chi connectivity index (χ3n) is 12.0. The summed E-state index contributed by atoms with van der Waals surface area (Å²) >= 11 is 13.7. The van der Waals surface area contributed by atoms with E-state index in [0.29, 0.717) is 66.9 Å². The standard InChI is InChI=1S/C52H52Cl2N8O10/c1-31-33(27-69-47-21-45(71-29-37-25-61-49(59-37)11-5-15-57-61)35(19-41(47)53)23-55-43(13-17-63)51(65)66)7-3-9-39(31)40-10-4-8-34(32(40)2)28-70-48-22-46(72-30-38-26-62-50(60-38)12-6-16-58-62)36(20-42(48)54)24-56-44(14-18-64)52(67)68/h3-12,15-16,19-22,25-26,43-44,55-56,63-64H,13-14,17-18,23-24,27-30H2,1-2H3,(H,65,66)(H,67,68). The number of aliphatic hydroxyl groups is 2. The molecule has 0 aliphatic carbocycles. The molecule has 0 spiro atoms. The van der Waals surface area contributed by atoms with Crippen LogP contribution < -0.4 is 29.6 Å². The summed E-state index contributed by atoms with van der Waals surface area (Å²) in [4.78, 5) is 32.9. The Balaban J connectivity index is 0.990. The van der Waals surface area contributed by atoms with Gasteiger partial charge in [0.15, 0.2) is 11.3 Å². The summed E-state index contributed by atoms with van der Waals surface area (Å²) in [7, 11) is 0. The van der Waals surface area contributed by atoms with Gasteiger partial charge in [0, 0.05) is 62.0 Å². The van der Waals surface area contributed by atoms with Crippen molar-refractivity contribution < 1.29 is 49.0 Å². The SMILES string of the molecule is Cc1c(COc2cc(OCc3cn4ncccc4n3)c(CNC(CCO)C(=O)O)cc2Cl)cccc1-c1cccc(COc2cc(OCc3cn4ncccc4n3)c(CNC(CCO)C(=O)O)cc2Cl)c1C. The lowest BCUT2D eigenvalue weighted by Gasteiger charge is -2.19. The van der Waals surface area contributed by atoms with Gasteiger partial charge in [-0.05, 0) is 96.5 Å². The van der Waals surface area contributed by atoms with Crippen molar-refractivity contribution in [2.45, 2.75) is 78.3 Å². The second kappa shape index (κ2) is 23.7. The van der Waals surface area contributed by atoms with Crippen molar-refractivity contribution in [2.24, 2.45) is 0 Å². The van der Waals surface area contributed by atoms with Gasteiger partial charge in [-0.25, -0.2) is 19.0 Å². The molecule has 0 aliphatic rings. The summed E-state index contributed by atoms with van der Waals surface area (Å²) < 4.78 is 28.6. The second-order valence-corrected chi connectivity index (χ2v) is 17.6. The Morgan fingerprint density at radius 3 is 1.38 bits per heavy atom. The van der Waals surface area contributed by atoms with Crippen LogP contribution in [0.4, 0.5) is 0 Å². The van der Waals surface area contributed by atoms with Crippen LogP contribution >= 0.6 is 23.2 Å². The van der Waals surface area contributed by atoms with Gasteiger partial charge >= 0.3 is 11.9 Å². The molecule has 72 heavy (non-hydrogen) atoms. The van der Waals surface area contributed by atoms with Crippen LogP contribution in [0.15, 0.2) is 110 Å². The second-order valence-electron chi connectivity index (χ2n) is 16.8. The average Bonchev–Trinajstić information content (AvgIpc) is 4.00. The number of carbonyl (C=O) groups is 2. The predicted octanol–water partition coefficient (Wildman–Crippen LogP) is 7.53. The molecule has 0 bridgehead atoms. The van der Waals surface area contributed by atoms with Crippen molar-refractivity contribution in [1.82, 2.24) is 39.8 Å². The van der Waals surface area contributed by atoms with Crippen LogP contribution in [-0.2, 0) is 49.1 Å². The highest BCUT2D eigenvalue weighted by Gasteiger charge is 2.22. The highest BCUT2D eigenvalue weighted by Crippen LogP contribution is 2.37. The number of carboxylic acid groups (broad SMARTS) is 2. The topological polar surface area (TPSA) is 236 Å². The molecule has 20 heteroatoms. The molecule has 0 radical (unpaired) electrons. The molecule has 0 amide bonds. The Morgan fingerprint density at radius 1 is 0.569 bits per heavy atom. The van der Waals surface area contributed by atoms with E-state index in [9.17, 15) is 30.0 Å². The van der Waals surface area contributed by atoms with E-state index >= 15 is 0 Å². The first-order chi connectivity index (χ1) is 34.9. The van der Waals surface area contributed by atoms with Gasteiger partial charge in [0.25, 0.3) is 0 Å². The molecule has 6 N–H and O–H groups in total. The van der Waals surface area contributed by atoms with Crippen molar-refractivity contribution in [1.29, 1.82) is 0 Å². The number of rotatable bonds is 25. The van der Waals surface area contributed by atoms with Crippen molar-refractivity contribution in [2.75, 3.05) is 13.2 Å². The number of benzene rings is 4. The normalized spacial score (nSPS) is 12.2. The van der Waals surface area contributed by atoms with Crippen LogP contribution in [0.3, 0.4) is 0 Å². The summed E-state index contributed by atoms with van der Waals surface area (Å²) in [5, 5.41) is 53.3. The minimum absolute atomic E-state index is 0.0165. The quantitative estimate of drug-likeness (QED) is 0.0325. The van der Waals surface area contributed by atoms with Crippen molar-refractivity contribution in [3.05, 3.63) is 165 Å². The minimum Gasteiger partial charge on any atom is -0.487 e. The average molecular weight is 1020 g/mol. The molecule has 18 nitrogen and oxygen atoms in total. The fraction of sp³-hybridized carbons (Fsp3) is 0.269. The molecular weight excluding hydrogens is 968 g/mol. The first-order valence-electron chi connectivity index (χ1n) is 22.9. The van der Waals surface area contributed by atoms with E-state index in [4.69, 9.17) is 42.1 Å². The summed E-state index contributed by atoms with van der Waals surface area (Å²) in [5.41, 5.74) is 9.46. The van der Waals surface area contributed by atoms with Crippen LogP contribution in [0, 0.1) is 13.8 Å². The van der Waals surface area contributed by atoms with E-state index in [-0.39, 0.29) is 65.6 Å². The number of imidazole rings is 2. The number of hydrogen-bond acceptors (Lipinski definition) is 14. The van der Waals surface area contributed by atoms with Gasteiger partial charge < -0.3 is 50.0 Å². The summed E-state index contributed by atoms with van der Waals surface area (Å²) in [6, 6.07) is 24.0. The molecule has 4 heterocycles. The van der Waals surface area contributed by atoms with Gasteiger partial charge in [0.05, 0.1) is 33.8 Å². The molecular formula is C52H52Cl2N8O10. The Kier molecular flexibility index (Phi) is 16.8. The van der Waals surface area contributed by atoms with Crippen LogP contribution in [-0.4, -0.2) is 86.9 Å². The number of nitrogens with one attached hydrogen (secondary N) is 2. The highest BCUT2D eigenvalue weighted by molar-refractivity contribution is 6.32. The number of nitrogens with zero attached hydrogens (tertiary/aromatic N) is 6. The third kappa shape index (κ3) is 12.4. The van der Waals surface area contributed by atoms with E-state index in [0.717, 1.165) is 33.4 Å². The Bertz CT molecular complexity index is 2930. The molecule has 0 saturated heterocycles. The van der Waals surface area contributed by atoms with E-state index in [1.807, 2.05) is 62.4 Å². The Hall–Kier alpha value is -7.32. The largest absolute Gasteiger partial charge is 0.487 e. The minimum atomic E-state index is -1.09. The fourth-order valence-electron chi connectivity index (χ4n) is 8.05. The highest BCUT2D eigenvalue weighted by atomic mass is 35.5. The predicted molar refractivity (Wildman–Crippen MR) is 267 cm³/mol. The Labute approximate surface area is 423 Å². The van der Waals surface area contributed by atoms with Gasteiger partial charge in [-0.15, -0.1) is 0 Å². The lowest BCUT2D eigenvalue weighted by Crippen LogP contribution is -2.37. The van der Waals surface area contributed by atoms with Crippen LogP contribution in [0.5, 0.6) is 23.0 Å². The molecule has 4 aromatic carbocycles. The molecule has 0 saturated carbocycles. The zero-order valence-electron chi connectivity index (χ0n) is 39.3. The molecule has 2 atom stereocenters. The molecule has 0 fully saturated rings. The van der Waals surface area contributed by atoms with Crippen LogP contribution in [0.2, 0.25) is 10.0 Å². The van der Waals surface area contributed by atoms with Gasteiger partial charge in [-0.1, -0.05) is 59.6 Å². The maximum Gasteiger partial charge on any atom is 0.320 e. The maximum absolute atomic E-state index is 11.9. The van der Waals surface area contributed by atoms with Gasteiger partial charge in [-0.3, -0.25) is 9.59 Å². The van der Waals surface area contributed by atoms with Crippen LogP contribution in [0.25, 0.3) is 22.4 Å². The third-order valence-corrected chi connectivity index (χ3v) is 12.6. The van der Waals surface area contributed by atoms with E-state index in [1.54, 1.807) is 70.2 Å². The zero-order valence-corrected chi connectivity index (χ0v) is 40.8. The molecule has 0 aliphatic heterocycles. The van der Waals surface area contributed by atoms with Crippen molar-refractivity contribution >= 4 is 46.4 Å². The van der Waals surface area contributed by atoms with Gasteiger partial charge in [0.1, 0.15) is 61.5 Å². The molecule has 8 aromatic rings. The molecule has 374 valence electrons. The first kappa shape index (κ1) is 51.0. The Morgan fingerprint density at radius 2 is 0.986 bits per heavy atom.